The number of carbonyl (C=O) groups excluding carboxylic acids is 2. The first-order valence-corrected chi connectivity index (χ1v) is 6.59. The van der Waals surface area contributed by atoms with Crippen LogP contribution >= 0.6 is 0 Å². The topological polar surface area (TPSA) is 55.4 Å². The molecule has 0 saturated heterocycles. The van der Waals surface area contributed by atoms with Crippen LogP contribution in [0.15, 0.2) is 30.8 Å². The predicted molar refractivity (Wildman–Crippen MR) is 79.3 cm³/mol. The van der Waals surface area contributed by atoms with Gasteiger partial charge in [0.05, 0.1) is 7.11 Å². The van der Waals surface area contributed by atoms with Gasteiger partial charge in [-0.25, -0.2) is 4.79 Å². The Hall–Kier alpha value is -2.10. The van der Waals surface area contributed by atoms with E-state index in [9.17, 15) is 9.59 Å². The highest BCUT2D eigenvalue weighted by molar-refractivity contribution is 5.96. The standard InChI is InChI=1S/C16H21NO3/c1-5-12-6-8-13(9-7-12)15(18)17-14(10-11(2)3)16(19)20-4/h5-9,11,14H,1,10H2,2-4H3,(H,17,18). The first kappa shape index (κ1) is 16.0. The number of methoxy groups -OCH3 is 1. The van der Waals surface area contributed by atoms with Gasteiger partial charge < -0.3 is 10.1 Å². The van der Waals surface area contributed by atoms with Crippen LogP contribution in [0.3, 0.4) is 0 Å². The molecule has 1 amide bonds. The normalized spacial score (nSPS) is 11.8. The fourth-order valence-electron chi connectivity index (χ4n) is 1.84. The fraction of sp³-hybridized carbons (Fsp3) is 0.375. The number of amides is 1. The summed E-state index contributed by atoms with van der Waals surface area (Å²) in [6, 6.07) is 6.40. The Bertz CT molecular complexity index is 477. The summed E-state index contributed by atoms with van der Waals surface area (Å²) in [5, 5.41) is 2.71. The maximum absolute atomic E-state index is 12.1. The highest BCUT2D eigenvalue weighted by Crippen LogP contribution is 2.09. The number of hydrogen-bond acceptors (Lipinski definition) is 3. The van der Waals surface area contributed by atoms with E-state index < -0.39 is 12.0 Å². The lowest BCUT2D eigenvalue weighted by molar-refractivity contribution is -0.143. The molecule has 0 bridgehead atoms. The first-order valence-electron chi connectivity index (χ1n) is 6.59. The Labute approximate surface area is 119 Å². The number of rotatable bonds is 6. The molecule has 0 heterocycles. The van der Waals surface area contributed by atoms with Crippen molar-refractivity contribution in [2.45, 2.75) is 26.3 Å². The van der Waals surface area contributed by atoms with Gasteiger partial charge >= 0.3 is 5.97 Å². The molecule has 0 saturated carbocycles. The van der Waals surface area contributed by atoms with E-state index in [-0.39, 0.29) is 11.8 Å². The van der Waals surface area contributed by atoms with Crippen LogP contribution in [0.25, 0.3) is 6.08 Å². The maximum Gasteiger partial charge on any atom is 0.328 e. The van der Waals surface area contributed by atoms with Crippen molar-refractivity contribution < 1.29 is 14.3 Å². The van der Waals surface area contributed by atoms with Crippen molar-refractivity contribution in [2.75, 3.05) is 7.11 Å². The van der Waals surface area contributed by atoms with Gasteiger partial charge in [-0.2, -0.15) is 0 Å². The zero-order valence-electron chi connectivity index (χ0n) is 12.2. The monoisotopic (exact) mass is 275 g/mol. The molecule has 1 atom stereocenters. The number of carbonyl (C=O) groups is 2. The Morgan fingerprint density at radius 1 is 1.30 bits per heavy atom. The minimum absolute atomic E-state index is 0.280. The number of hydrogen-bond donors (Lipinski definition) is 1. The van der Waals surface area contributed by atoms with Crippen LogP contribution in [0.5, 0.6) is 0 Å². The van der Waals surface area contributed by atoms with E-state index in [1.54, 1.807) is 30.3 Å². The summed E-state index contributed by atoms with van der Waals surface area (Å²) >= 11 is 0. The maximum atomic E-state index is 12.1. The summed E-state index contributed by atoms with van der Waals surface area (Å²) in [6.07, 6.45) is 2.25. The highest BCUT2D eigenvalue weighted by atomic mass is 16.5. The van der Waals surface area contributed by atoms with Crippen molar-refractivity contribution >= 4 is 18.0 Å². The van der Waals surface area contributed by atoms with Gasteiger partial charge in [0.25, 0.3) is 5.91 Å². The summed E-state index contributed by atoms with van der Waals surface area (Å²) in [5.74, 6) is -0.422. The third-order valence-corrected chi connectivity index (χ3v) is 2.91. The van der Waals surface area contributed by atoms with E-state index in [1.807, 2.05) is 13.8 Å². The van der Waals surface area contributed by atoms with Crippen LogP contribution in [0.2, 0.25) is 0 Å². The summed E-state index contributed by atoms with van der Waals surface area (Å²) in [4.78, 5) is 23.8. The Balaban J connectivity index is 2.78. The van der Waals surface area contributed by atoms with Crippen molar-refractivity contribution in [3.8, 4) is 0 Å². The lowest BCUT2D eigenvalue weighted by Crippen LogP contribution is -2.42. The van der Waals surface area contributed by atoms with Crippen molar-refractivity contribution in [3.63, 3.8) is 0 Å². The first-order chi connectivity index (χ1) is 9.47. The second kappa shape index (κ2) is 7.48. The van der Waals surface area contributed by atoms with E-state index in [0.717, 1.165) is 5.56 Å². The smallest absolute Gasteiger partial charge is 0.328 e. The van der Waals surface area contributed by atoms with Gasteiger partial charge in [0.15, 0.2) is 0 Å². The molecule has 1 aromatic rings. The van der Waals surface area contributed by atoms with Gasteiger partial charge in [-0.3, -0.25) is 4.79 Å². The molecule has 0 radical (unpaired) electrons. The molecule has 4 heteroatoms. The van der Waals surface area contributed by atoms with Crippen LogP contribution in [0, 0.1) is 5.92 Å². The molecular weight excluding hydrogens is 254 g/mol. The second-order valence-electron chi connectivity index (χ2n) is 5.00. The molecule has 20 heavy (non-hydrogen) atoms. The quantitative estimate of drug-likeness (QED) is 0.812. The average Bonchev–Trinajstić information content (AvgIpc) is 2.45. The van der Waals surface area contributed by atoms with E-state index in [2.05, 4.69) is 11.9 Å². The average molecular weight is 275 g/mol. The van der Waals surface area contributed by atoms with E-state index >= 15 is 0 Å². The highest BCUT2D eigenvalue weighted by Gasteiger charge is 2.22. The molecule has 1 rings (SSSR count). The molecule has 1 unspecified atom stereocenters. The van der Waals surface area contributed by atoms with Crippen LogP contribution in [0.4, 0.5) is 0 Å². The SMILES string of the molecule is C=Cc1ccc(C(=O)NC(CC(C)C)C(=O)OC)cc1. The van der Waals surface area contributed by atoms with Gasteiger partial charge in [-0.1, -0.05) is 38.6 Å². The third kappa shape index (κ3) is 4.53. The lowest BCUT2D eigenvalue weighted by atomic mass is 10.0. The summed E-state index contributed by atoms with van der Waals surface area (Å²) in [7, 11) is 1.32. The van der Waals surface area contributed by atoms with Gasteiger partial charge in [-0.15, -0.1) is 0 Å². The third-order valence-electron chi connectivity index (χ3n) is 2.91. The van der Waals surface area contributed by atoms with Crippen LogP contribution in [-0.4, -0.2) is 25.0 Å². The molecule has 0 aliphatic heterocycles. The zero-order valence-corrected chi connectivity index (χ0v) is 12.2. The molecule has 0 fully saturated rings. The van der Waals surface area contributed by atoms with Crippen molar-refractivity contribution in [1.29, 1.82) is 0 Å². The van der Waals surface area contributed by atoms with Gasteiger partial charge in [-0.05, 0) is 30.0 Å². The molecule has 0 aliphatic rings. The minimum Gasteiger partial charge on any atom is -0.467 e. The summed E-state index contributed by atoms with van der Waals surface area (Å²) < 4.78 is 4.72. The summed E-state index contributed by atoms with van der Waals surface area (Å²) in [5.41, 5.74) is 1.45. The number of esters is 1. The van der Waals surface area contributed by atoms with Gasteiger partial charge in [0, 0.05) is 5.56 Å². The molecule has 4 nitrogen and oxygen atoms in total. The summed E-state index contributed by atoms with van der Waals surface area (Å²) in [6.45, 7) is 7.63. The number of benzene rings is 1. The van der Waals surface area contributed by atoms with Crippen LogP contribution in [0.1, 0.15) is 36.2 Å². The largest absolute Gasteiger partial charge is 0.467 e. The van der Waals surface area contributed by atoms with E-state index in [1.165, 1.54) is 7.11 Å². The minimum atomic E-state index is -0.619. The van der Waals surface area contributed by atoms with Crippen molar-refractivity contribution in [1.82, 2.24) is 5.32 Å². The Morgan fingerprint density at radius 2 is 1.90 bits per heavy atom. The van der Waals surface area contributed by atoms with E-state index in [4.69, 9.17) is 4.74 Å². The second-order valence-corrected chi connectivity index (χ2v) is 5.00. The lowest BCUT2D eigenvalue weighted by Gasteiger charge is -2.18. The fourth-order valence-corrected chi connectivity index (χ4v) is 1.84. The Morgan fingerprint density at radius 3 is 2.35 bits per heavy atom. The van der Waals surface area contributed by atoms with Gasteiger partial charge in [0.1, 0.15) is 6.04 Å². The predicted octanol–water partition coefficient (Wildman–Crippen LogP) is 2.65. The number of nitrogens with one attached hydrogen (secondary N) is 1. The van der Waals surface area contributed by atoms with Crippen LogP contribution in [-0.2, 0) is 9.53 Å². The molecular formula is C16H21NO3. The van der Waals surface area contributed by atoms with Gasteiger partial charge in [0.2, 0.25) is 0 Å². The van der Waals surface area contributed by atoms with Crippen molar-refractivity contribution in [2.24, 2.45) is 5.92 Å². The molecule has 0 aromatic heterocycles. The molecule has 1 N–H and O–H groups in total. The number of ether oxygens (including phenoxy) is 1. The Kier molecular flexibility index (Phi) is 5.97. The molecule has 0 aliphatic carbocycles. The molecule has 108 valence electrons. The van der Waals surface area contributed by atoms with Crippen molar-refractivity contribution in [3.05, 3.63) is 42.0 Å². The van der Waals surface area contributed by atoms with Crippen LogP contribution < -0.4 is 5.32 Å². The zero-order chi connectivity index (χ0) is 15.1. The molecule has 1 aromatic carbocycles. The van der Waals surface area contributed by atoms with E-state index in [0.29, 0.717) is 12.0 Å². The molecule has 0 spiro atoms.